The van der Waals surface area contributed by atoms with Gasteiger partial charge >= 0.3 is 6.03 Å². The standard InChI is InChI=1S/C26H23N7O3/c1-2-15-32-20-12-5-3-9-17(20)23(25(32)35)31-30-22(34)16-28-26(36)33-21-13-6-4-10-18(21)29-24(33)19-11-7-8-14-27-19/h3-14,35H,2,15-16H2,1H3,(H,28,36). The number of imidazole rings is 1. The van der Waals surface area contributed by atoms with Crippen LogP contribution in [0, 0.1) is 0 Å². The number of aromatic hydroxyl groups is 1. The summed E-state index contributed by atoms with van der Waals surface area (Å²) in [6, 6.07) is 19.4. The van der Waals surface area contributed by atoms with E-state index in [1.54, 1.807) is 47.2 Å². The second kappa shape index (κ2) is 9.79. The van der Waals surface area contributed by atoms with Crippen molar-refractivity contribution >= 4 is 39.6 Å². The van der Waals surface area contributed by atoms with Crippen molar-refractivity contribution in [2.45, 2.75) is 19.9 Å². The lowest BCUT2D eigenvalue weighted by Crippen LogP contribution is -2.32. The number of benzene rings is 2. The van der Waals surface area contributed by atoms with Crippen LogP contribution >= 0.6 is 0 Å². The van der Waals surface area contributed by atoms with E-state index in [4.69, 9.17) is 0 Å². The molecule has 10 nitrogen and oxygen atoms in total. The number of hydrogen-bond acceptors (Lipinski definition) is 6. The summed E-state index contributed by atoms with van der Waals surface area (Å²) >= 11 is 0. The van der Waals surface area contributed by atoms with E-state index in [1.165, 1.54) is 4.57 Å². The highest BCUT2D eigenvalue weighted by Gasteiger charge is 2.20. The molecule has 3 heterocycles. The van der Waals surface area contributed by atoms with Crippen LogP contribution in [0.5, 0.6) is 5.88 Å². The molecule has 2 aromatic carbocycles. The molecule has 0 bridgehead atoms. The van der Waals surface area contributed by atoms with Crippen molar-refractivity contribution in [1.29, 1.82) is 0 Å². The molecule has 180 valence electrons. The summed E-state index contributed by atoms with van der Waals surface area (Å²) in [6.45, 7) is 2.22. The summed E-state index contributed by atoms with van der Waals surface area (Å²) in [4.78, 5) is 34.5. The number of aromatic nitrogens is 4. The van der Waals surface area contributed by atoms with Gasteiger partial charge in [0, 0.05) is 18.1 Å². The first-order chi connectivity index (χ1) is 17.6. The Labute approximate surface area is 205 Å². The SMILES string of the molecule is CCCn1c(O)c(N=NC(=O)CNC(=O)n2c(-c3ccccn3)nc3ccccc32)c2ccccc21. The summed E-state index contributed by atoms with van der Waals surface area (Å²) in [5.74, 6) is -0.362. The van der Waals surface area contributed by atoms with Crippen molar-refractivity contribution in [1.82, 2.24) is 24.4 Å². The molecule has 0 radical (unpaired) electrons. The maximum absolute atomic E-state index is 13.1. The Balaban J connectivity index is 1.37. The molecule has 36 heavy (non-hydrogen) atoms. The van der Waals surface area contributed by atoms with Gasteiger partial charge in [-0.15, -0.1) is 10.2 Å². The third-order valence-corrected chi connectivity index (χ3v) is 5.67. The lowest BCUT2D eigenvalue weighted by molar-refractivity contribution is -0.117. The van der Waals surface area contributed by atoms with Crippen molar-refractivity contribution in [3.05, 3.63) is 72.9 Å². The monoisotopic (exact) mass is 481 g/mol. The van der Waals surface area contributed by atoms with Crippen LogP contribution in [-0.2, 0) is 11.3 Å². The average Bonchev–Trinajstić information content (AvgIpc) is 3.42. The molecule has 10 heteroatoms. The van der Waals surface area contributed by atoms with Crippen molar-refractivity contribution in [3.63, 3.8) is 0 Å². The van der Waals surface area contributed by atoms with E-state index in [1.807, 2.05) is 37.3 Å². The number of carbonyl (C=O) groups excluding carboxylic acids is 2. The van der Waals surface area contributed by atoms with Crippen molar-refractivity contribution in [2.75, 3.05) is 6.54 Å². The summed E-state index contributed by atoms with van der Waals surface area (Å²) in [7, 11) is 0. The van der Waals surface area contributed by atoms with Gasteiger partial charge in [-0.05, 0) is 36.8 Å². The molecule has 0 aliphatic rings. The fourth-order valence-electron chi connectivity index (χ4n) is 4.09. The Bertz CT molecular complexity index is 1600. The fraction of sp³-hybridized carbons (Fsp3) is 0.154. The molecular weight excluding hydrogens is 458 g/mol. The van der Waals surface area contributed by atoms with Gasteiger partial charge in [0.15, 0.2) is 11.5 Å². The Kier molecular flexibility index (Phi) is 6.23. The van der Waals surface area contributed by atoms with Gasteiger partial charge in [-0.2, -0.15) is 0 Å². The molecule has 5 rings (SSSR count). The van der Waals surface area contributed by atoms with Gasteiger partial charge in [-0.1, -0.05) is 43.3 Å². The van der Waals surface area contributed by atoms with Gasteiger partial charge in [-0.3, -0.25) is 9.78 Å². The zero-order chi connectivity index (χ0) is 25.1. The van der Waals surface area contributed by atoms with Gasteiger partial charge in [0.2, 0.25) is 5.88 Å². The van der Waals surface area contributed by atoms with Crippen molar-refractivity contribution in [3.8, 4) is 17.4 Å². The summed E-state index contributed by atoms with van der Waals surface area (Å²) in [5, 5.41) is 21.7. The number of hydrogen-bond donors (Lipinski definition) is 2. The molecule has 0 unspecified atom stereocenters. The zero-order valence-corrected chi connectivity index (χ0v) is 19.5. The van der Waals surface area contributed by atoms with Crippen LogP contribution in [0.15, 0.2) is 83.2 Å². The van der Waals surface area contributed by atoms with E-state index in [0.717, 1.165) is 11.9 Å². The number of rotatable bonds is 6. The second-order valence-corrected chi connectivity index (χ2v) is 8.07. The molecule has 5 aromatic rings. The van der Waals surface area contributed by atoms with Crippen LogP contribution in [0.4, 0.5) is 10.5 Å². The maximum atomic E-state index is 13.1. The number of nitrogens with zero attached hydrogens (tertiary/aromatic N) is 6. The number of aryl methyl sites for hydroxylation is 1. The minimum absolute atomic E-state index is 0.0523. The lowest BCUT2D eigenvalue weighted by Gasteiger charge is -2.08. The molecule has 0 spiro atoms. The molecule has 2 amide bonds. The van der Waals surface area contributed by atoms with Crippen LogP contribution in [0.25, 0.3) is 33.5 Å². The predicted molar refractivity (Wildman–Crippen MR) is 135 cm³/mol. The van der Waals surface area contributed by atoms with Gasteiger partial charge in [0.25, 0.3) is 5.91 Å². The molecule has 0 aliphatic carbocycles. The third-order valence-electron chi connectivity index (χ3n) is 5.67. The largest absolute Gasteiger partial charge is 0.493 e. The summed E-state index contributed by atoms with van der Waals surface area (Å²) in [5.41, 5.74) is 2.75. The van der Waals surface area contributed by atoms with E-state index in [-0.39, 0.29) is 18.1 Å². The molecule has 0 saturated carbocycles. The van der Waals surface area contributed by atoms with Crippen LogP contribution in [0.3, 0.4) is 0 Å². The highest BCUT2D eigenvalue weighted by molar-refractivity contribution is 5.96. The summed E-state index contributed by atoms with van der Waals surface area (Å²) in [6.07, 6.45) is 2.44. The number of fused-ring (bicyclic) bond motifs is 2. The number of nitrogens with one attached hydrogen (secondary N) is 1. The van der Waals surface area contributed by atoms with E-state index in [2.05, 4.69) is 25.5 Å². The molecular formula is C26H23N7O3. The third kappa shape index (κ3) is 4.20. The molecule has 0 fully saturated rings. The maximum Gasteiger partial charge on any atom is 0.328 e. The highest BCUT2D eigenvalue weighted by Crippen LogP contribution is 2.38. The van der Waals surface area contributed by atoms with Crippen LogP contribution in [0.2, 0.25) is 0 Å². The second-order valence-electron chi connectivity index (χ2n) is 8.07. The predicted octanol–water partition coefficient (Wildman–Crippen LogP) is 5.04. The molecule has 2 N–H and O–H groups in total. The topological polar surface area (TPSA) is 127 Å². The zero-order valence-electron chi connectivity index (χ0n) is 19.5. The van der Waals surface area contributed by atoms with Crippen molar-refractivity contribution < 1.29 is 14.7 Å². The van der Waals surface area contributed by atoms with Crippen molar-refractivity contribution in [2.24, 2.45) is 10.2 Å². The van der Waals surface area contributed by atoms with Gasteiger partial charge in [0.05, 0.1) is 16.6 Å². The van der Waals surface area contributed by atoms with Gasteiger partial charge in [-0.25, -0.2) is 14.3 Å². The molecule has 3 aromatic heterocycles. The minimum Gasteiger partial charge on any atom is -0.493 e. The number of para-hydroxylation sites is 3. The van der Waals surface area contributed by atoms with E-state index >= 15 is 0 Å². The van der Waals surface area contributed by atoms with E-state index in [9.17, 15) is 14.7 Å². The van der Waals surface area contributed by atoms with Crippen LogP contribution < -0.4 is 5.32 Å². The normalized spacial score (nSPS) is 11.5. The first-order valence-corrected chi connectivity index (χ1v) is 11.5. The molecule has 0 saturated heterocycles. The average molecular weight is 482 g/mol. The van der Waals surface area contributed by atoms with E-state index < -0.39 is 11.9 Å². The van der Waals surface area contributed by atoms with Crippen LogP contribution in [0.1, 0.15) is 13.3 Å². The van der Waals surface area contributed by atoms with E-state index in [0.29, 0.717) is 34.5 Å². The molecule has 0 aliphatic heterocycles. The highest BCUT2D eigenvalue weighted by atomic mass is 16.3. The first kappa shape index (κ1) is 22.9. The number of pyridine rings is 1. The van der Waals surface area contributed by atoms with Gasteiger partial charge < -0.3 is 15.0 Å². The van der Waals surface area contributed by atoms with Gasteiger partial charge in [0.1, 0.15) is 12.2 Å². The number of azo groups is 1. The smallest absolute Gasteiger partial charge is 0.328 e. The Morgan fingerprint density at radius 3 is 2.53 bits per heavy atom. The Morgan fingerprint density at radius 1 is 1.00 bits per heavy atom. The van der Waals surface area contributed by atoms with Crippen LogP contribution in [-0.4, -0.2) is 42.7 Å². The Morgan fingerprint density at radius 2 is 1.75 bits per heavy atom. The number of carbonyl (C=O) groups is 2. The number of amides is 2. The molecule has 0 atom stereocenters. The first-order valence-electron chi connectivity index (χ1n) is 11.5. The fourth-order valence-corrected chi connectivity index (χ4v) is 4.09. The Hall–Kier alpha value is -4.86. The summed E-state index contributed by atoms with van der Waals surface area (Å²) < 4.78 is 3.12. The minimum atomic E-state index is -0.668. The lowest BCUT2D eigenvalue weighted by atomic mass is 10.2. The quantitative estimate of drug-likeness (QED) is 0.329.